The lowest BCUT2D eigenvalue weighted by Gasteiger charge is -2.27. The molecule has 0 bridgehead atoms. The fourth-order valence-electron chi connectivity index (χ4n) is 8.17. The maximum atomic E-state index is 6.51. The minimum atomic E-state index is 0.873. The number of para-hydroxylation sites is 2. The smallest absolute Gasteiger partial charge is 0.136 e. The molecule has 0 saturated carbocycles. The van der Waals surface area contributed by atoms with E-state index in [0.717, 1.165) is 67.2 Å². The Hall–Kier alpha value is -7.14. The zero-order valence-electron chi connectivity index (χ0n) is 30.3. The summed E-state index contributed by atoms with van der Waals surface area (Å²) in [5, 5.41) is 7.20. The third-order valence-electron chi connectivity index (χ3n) is 10.8. The molecule has 0 aliphatic rings. The molecule has 11 aromatic rings. The van der Waals surface area contributed by atoms with E-state index >= 15 is 0 Å². The van der Waals surface area contributed by atoms with Crippen LogP contribution in [0.5, 0.6) is 0 Å². The molecule has 0 atom stereocenters. The van der Waals surface area contributed by atoms with Gasteiger partial charge in [0.1, 0.15) is 11.2 Å². The molecule has 0 fully saturated rings. The number of benzene rings is 9. The number of anilines is 6. The van der Waals surface area contributed by atoms with Crippen LogP contribution in [0.2, 0.25) is 0 Å². The summed E-state index contributed by atoms with van der Waals surface area (Å²) in [6, 6.07) is 73.8. The lowest BCUT2D eigenvalue weighted by atomic mass is 10.0. The lowest BCUT2D eigenvalue weighted by molar-refractivity contribution is 0.669. The number of furan rings is 1. The second kappa shape index (κ2) is 13.3. The Morgan fingerprint density at radius 2 is 0.911 bits per heavy atom. The van der Waals surface area contributed by atoms with Crippen LogP contribution in [0.4, 0.5) is 34.1 Å². The molecule has 11 rings (SSSR count). The van der Waals surface area contributed by atoms with Gasteiger partial charge in [0.2, 0.25) is 0 Å². The summed E-state index contributed by atoms with van der Waals surface area (Å²) in [6.07, 6.45) is 0. The number of nitrogens with zero attached hydrogens (tertiary/aromatic N) is 2. The van der Waals surface area contributed by atoms with Crippen molar-refractivity contribution in [3.63, 3.8) is 0 Å². The van der Waals surface area contributed by atoms with Gasteiger partial charge in [0, 0.05) is 64.8 Å². The molecule has 2 aromatic heterocycles. The van der Waals surface area contributed by atoms with E-state index in [1.54, 1.807) is 0 Å². The molecule has 0 aliphatic heterocycles. The molecule has 56 heavy (non-hydrogen) atoms. The number of hydrogen-bond acceptors (Lipinski definition) is 4. The van der Waals surface area contributed by atoms with E-state index in [9.17, 15) is 0 Å². The van der Waals surface area contributed by atoms with Crippen LogP contribution in [0.1, 0.15) is 0 Å². The first-order valence-electron chi connectivity index (χ1n) is 18.9. The largest absolute Gasteiger partial charge is 0.456 e. The van der Waals surface area contributed by atoms with Gasteiger partial charge in [-0.25, -0.2) is 0 Å². The van der Waals surface area contributed by atoms with Crippen molar-refractivity contribution < 1.29 is 4.42 Å². The zero-order chi connectivity index (χ0) is 37.0. The highest BCUT2D eigenvalue weighted by Crippen LogP contribution is 2.44. The molecule has 0 saturated heterocycles. The molecule has 0 N–H and O–H groups in total. The van der Waals surface area contributed by atoms with Crippen LogP contribution in [0, 0.1) is 0 Å². The van der Waals surface area contributed by atoms with E-state index in [-0.39, 0.29) is 0 Å². The Morgan fingerprint density at radius 1 is 0.321 bits per heavy atom. The fourth-order valence-corrected chi connectivity index (χ4v) is 9.26. The number of hydrogen-bond donors (Lipinski definition) is 0. The maximum Gasteiger partial charge on any atom is 0.136 e. The van der Waals surface area contributed by atoms with Crippen molar-refractivity contribution in [3.05, 3.63) is 206 Å². The zero-order valence-corrected chi connectivity index (χ0v) is 31.2. The van der Waals surface area contributed by atoms with Gasteiger partial charge in [-0.3, -0.25) is 0 Å². The third-order valence-corrected chi connectivity index (χ3v) is 12.0. The van der Waals surface area contributed by atoms with E-state index in [2.05, 4.69) is 216 Å². The van der Waals surface area contributed by atoms with Gasteiger partial charge in [-0.15, -0.1) is 11.3 Å². The van der Waals surface area contributed by atoms with Crippen LogP contribution in [-0.4, -0.2) is 0 Å². The Kier molecular flexibility index (Phi) is 7.68. The lowest BCUT2D eigenvalue weighted by Crippen LogP contribution is -2.10. The van der Waals surface area contributed by atoms with Gasteiger partial charge in [0.05, 0.1) is 5.69 Å². The predicted octanol–water partition coefficient (Wildman–Crippen LogP) is 15.7. The van der Waals surface area contributed by atoms with E-state index in [4.69, 9.17) is 4.42 Å². The van der Waals surface area contributed by atoms with E-state index in [1.165, 1.54) is 30.9 Å². The molecule has 3 nitrogen and oxygen atoms in total. The van der Waals surface area contributed by atoms with Gasteiger partial charge in [-0.1, -0.05) is 109 Å². The van der Waals surface area contributed by atoms with E-state index < -0.39 is 0 Å². The SMILES string of the molecule is c1ccc(N(c2ccccc2)c2ccc3oc4cc(-c5ccc(N(c6ccc7sc8ccccc8c7c6)c6cccc7ccccc67)cc5)ccc4c3c2)cc1. The van der Waals surface area contributed by atoms with Crippen LogP contribution < -0.4 is 9.80 Å². The van der Waals surface area contributed by atoms with Crippen molar-refractivity contribution in [2.24, 2.45) is 0 Å². The molecule has 4 heteroatoms. The van der Waals surface area contributed by atoms with Crippen molar-refractivity contribution in [2.75, 3.05) is 9.80 Å². The van der Waals surface area contributed by atoms with Crippen LogP contribution in [0.25, 0.3) is 64.0 Å². The highest BCUT2D eigenvalue weighted by Gasteiger charge is 2.19. The Bertz CT molecular complexity index is 3160. The van der Waals surface area contributed by atoms with E-state index in [0.29, 0.717) is 0 Å². The summed E-state index contributed by atoms with van der Waals surface area (Å²) in [7, 11) is 0. The topological polar surface area (TPSA) is 19.6 Å². The molecule has 0 aliphatic carbocycles. The minimum absolute atomic E-state index is 0.873. The highest BCUT2D eigenvalue weighted by molar-refractivity contribution is 7.25. The molecule has 0 unspecified atom stereocenters. The molecular formula is C52H34N2OS. The summed E-state index contributed by atoms with van der Waals surface area (Å²) in [5.41, 5.74) is 10.7. The van der Waals surface area contributed by atoms with Crippen LogP contribution in [0.3, 0.4) is 0 Å². The normalized spacial score (nSPS) is 11.6. The summed E-state index contributed by atoms with van der Waals surface area (Å²) in [4.78, 5) is 4.68. The van der Waals surface area contributed by atoms with Crippen molar-refractivity contribution in [1.29, 1.82) is 0 Å². The molecule has 264 valence electrons. The van der Waals surface area contributed by atoms with Gasteiger partial charge in [0.15, 0.2) is 0 Å². The monoisotopic (exact) mass is 734 g/mol. The average Bonchev–Trinajstić information content (AvgIpc) is 3.82. The molecule has 0 spiro atoms. The quantitative estimate of drug-likeness (QED) is 0.163. The van der Waals surface area contributed by atoms with E-state index in [1.807, 2.05) is 11.3 Å². The maximum absolute atomic E-state index is 6.51. The summed E-state index contributed by atoms with van der Waals surface area (Å²) in [5.74, 6) is 0. The first kappa shape index (κ1) is 32.3. The van der Waals surface area contributed by atoms with Crippen molar-refractivity contribution >= 4 is 98.3 Å². The first-order chi connectivity index (χ1) is 27.7. The summed E-state index contributed by atoms with van der Waals surface area (Å²) in [6.45, 7) is 0. The second-order valence-electron chi connectivity index (χ2n) is 14.2. The van der Waals surface area contributed by atoms with Crippen LogP contribution in [-0.2, 0) is 0 Å². The van der Waals surface area contributed by atoms with Gasteiger partial charge in [0.25, 0.3) is 0 Å². The summed E-state index contributed by atoms with van der Waals surface area (Å²) >= 11 is 1.85. The predicted molar refractivity (Wildman–Crippen MR) is 239 cm³/mol. The average molecular weight is 735 g/mol. The Morgan fingerprint density at radius 3 is 1.71 bits per heavy atom. The van der Waals surface area contributed by atoms with Gasteiger partial charge in [-0.05, 0) is 114 Å². The second-order valence-corrected chi connectivity index (χ2v) is 15.2. The van der Waals surface area contributed by atoms with Crippen molar-refractivity contribution in [1.82, 2.24) is 0 Å². The standard InChI is InChI=1S/C52H34N2OS/c1-3-14-38(15-4-1)53(39-16-5-2-6-17-39)41-27-30-49-46(33-41)44-29-24-37(32-50(44)55-49)35-22-25-40(26-23-35)54(48-20-11-13-36-12-7-8-18-43(36)48)42-28-31-52-47(34-42)45-19-9-10-21-51(45)56-52/h1-34H. The fraction of sp³-hybridized carbons (Fsp3) is 0. The molecule has 2 heterocycles. The third kappa shape index (κ3) is 5.50. The highest BCUT2D eigenvalue weighted by atomic mass is 32.1. The van der Waals surface area contributed by atoms with Crippen LogP contribution >= 0.6 is 11.3 Å². The number of fused-ring (bicyclic) bond motifs is 7. The van der Waals surface area contributed by atoms with Gasteiger partial charge >= 0.3 is 0 Å². The summed E-state index contributed by atoms with van der Waals surface area (Å²) < 4.78 is 9.12. The number of rotatable bonds is 7. The van der Waals surface area contributed by atoms with Gasteiger partial charge < -0.3 is 14.2 Å². The van der Waals surface area contributed by atoms with Gasteiger partial charge in [-0.2, -0.15) is 0 Å². The first-order valence-corrected chi connectivity index (χ1v) is 19.7. The number of thiophene rings is 1. The Balaban J connectivity index is 0.984. The van der Waals surface area contributed by atoms with Crippen molar-refractivity contribution in [3.8, 4) is 11.1 Å². The molecule has 9 aromatic carbocycles. The van der Waals surface area contributed by atoms with Crippen molar-refractivity contribution in [2.45, 2.75) is 0 Å². The molecule has 0 radical (unpaired) electrons. The Labute approximate surface area is 328 Å². The van der Waals surface area contributed by atoms with Crippen LogP contribution in [0.15, 0.2) is 211 Å². The molecular weight excluding hydrogens is 701 g/mol. The molecule has 0 amide bonds. The minimum Gasteiger partial charge on any atom is -0.456 e.